The molecule has 0 unspecified atom stereocenters. The first-order valence-corrected chi connectivity index (χ1v) is 7.39. The summed E-state index contributed by atoms with van der Waals surface area (Å²) in [6, 6.07) is 4.34. The van der Waals surface area contributed by atoms with Crippen molar-refractivity contribution < 1.29 is 4.79 Å². The number of carbonyl (C=O) groups excluding carboxylic acids is 1. The van der Waals surface area contributed by atoms with Gasteiger partial charge in [0.15, 0.2) is 5.69 Å². The average molecular weight is 275 g/mol. The molecule has 1 aromatic rings. The summed E-state index contributed by atoms with van der Waals surface area (Å²) in [6.45, 7) is 6.36. The van der Waals surface area contributed by atoms with Crippen molar-refractivity contribution in [2.24, 2.45) is 0 Å². The quantitative estimate of drug-likeness (QED) is 0.882. The number of hydrogen-bond acceptors (Lipinski definition) is 5. The third kappa shape index (κ3) is 2.90. The summed E-state index contributed by atoms with van der Waals surface area (Å²) in [5, 5.41) is 11.1. The Morgan fingerprint density at radius 3 is 2.55 bits per heavy atom. The first-order chi connectivity index (χ1) is 9.78. The lowest BCUT2D eigenvalue weighted by Gasteiger charge is -2.34. The van der Waals surface area contributed by atoms with Gasteiger partial charge in [-0.3, -0.25) is 9.69 Å². The molecule has 1 amide bonds. The molecule has 1 N–H and O–H groups in total. The Balaban J connectivity index is 1.58. The van der Waals surface area contributed by atoms with E-state index in [-0.39, 0.29) is 5.91 Å². The van der Waals surface area contributed by atoms with E-state index in [0.717, 1.165) is 38.8 Å². The minimum atomic E-state index is -0.00371. The number of hydrogen-bond donors (Lipinski definition) is 1. The van der Waals surface area contributed by atoms with Crippen molar-refractivity contribution in [3.05, 3.63) is 17.8 Å². The molecule has 2 aliphatic rings. The lowest BCUT2D eigenvalue weighted by Crippen LogP contribution is -2.49. The van der Waals surface area contributed by atoms with Crippen molar-refractivity contribution in [3.63, 3.8) is 0 Å². The second kappa shape index (κ2) is 5.75. The number of piperazine rings is 1. The van der Waals surface area contributed by atoms with E-state index in [1.165, 1.54) is 12.8 Å². The normalized spacial score (nSPS) is 19.9. The minimum absolute atomic E-state index is 0.00371. The highest BCUT2D eigenvalue weighted by Crippen LogP contribution is 2.27. The van der Waals surface area contributed by atoms with Crippen molar-refractivity contribution in [1.82, 2.24) is 20.0 Å². The van der Waals surface area contributed by atoms with E-state index in [9.17, 15) is 4.79 Å². The molecule has 0 bridgehead atoms. The van der Waals surface area contributed by atoms with Gasteiger partial charge >= 0.3 is 0 Å². The number of amides is 1. The van der Waals surface area contributed by atoms with Gasteiger partial charge in [-0.05, 0) is 31.9 Å². The van der Waals surface area contributed by atoms with Gasteiger partial charge in [-0.2, -0.15) is 0 Å². The lowest BCUT2D eigenvalue weighted by atomic mass is 10.2. The standard InChI is InChI=1S/C14H21N5O/c1-2-15-13-6-5-12(16-17-13)14(20)19-9-7-18(8-10-19)11-3-4-11/h5-6,11H,2-4,7-10H2,1H3,(H,15,17). The van der Waals surface area contributed by atoms with Crippen LogP contribution in [0, 0.1) is 0 Å². The molecule has 2 fully saturated rings. The van der Waals surface area contributed by atoms with E-state index >= 15 is 0 Å². The molecule has 3 rings (SSSR count). The zero-order valence-corrected chi connectivity index (χ0v) is 11.9. The van der Waals surface area contributed by atoms with Gasteiger partial charge in [-0.1, -0.05) is 0 Å². The molecule has 1 saturated heterocycles. The van der Waals surface area contributed by atoms with Gasteiger partial charge in [-0.25, -0.2) is 0 Å². The number of rotatable bonds is 4. The molecule has 0 atom stereocenters. The van der Waals surface area contributed by atoms with E-state index in [1.807, 2.05) is 17.9 Å². The zero-order chi connectivity index (χ0) is 13.9. The van der Waals surface area contributed by atoms with Crippen LogP contribution in [0.15, 0.2) is 12.1 Å². The molecule has 0 aromatic carbocycles. The second-order valence-corrected chi connectivity index (χ2v) is 5.39. The van der Waals surface area contributed by atoms with E-state index < -0.39 is 0 Å². The fourth-order valence-corrected chi connectivity index (χ4v) is 2.61. The lowest BCUT2D eigenvalue weighted by molar-refractivity contribution is 0.0620. The van der Waals surface area contributed by atoms with Crippen LogP contribution in [0.5, 0.6) is 0 Å². The summed E-state index contributed by atoms with van der Waals surface area (Å²) in [7, 11) is 0. The third-order valence-corrected chi connectivity index (χ3v) is 3.91. The second-order valence-electron chi connectivity index (χ2n) is 5.39. The Hall–Kier alpha value is -1.69. The van der Waals surface area contributed by atoms with Gasteiger partial charge in [0.25, 0.3) is 5.91 Å². The Labute approximate surface area is 119 Å². The highest BCUT2D eigenvalue weighted by atomic mass is 16.2. The maximum atomic E-state index is 12.3. The fraction of sp³-hybridized carbons (Fsp3) is 0.643. The highest BCUT2D eigenvalue weighted by molar-refractivity contribution is 5.92. The van der Waals surface area contributed by atoms with Gasteiger partial charge < -0.3 is 10.2 Å². The number of anilines is 1. The summed E-state index contributed by atoms with van der Waals surface area (Å²) in [6.07, 6.45) is 2.65. The van der Waals surface area contributed by atoms with Crippen molar-refractivity contribution in [1.29, 1.82) is 0 Å². The fourth-order valence-electron chi connectivity index (χ4n) is 2.61. The summed E-state index contributed by atoms with van der Waals surface area (Å²) in [5.74, 6) is 0.707. The number of nitrogens with one attached hydrogen (secondary N) is 1. The Kier molecular flexibility index (Phi) is 3.82. The van der Waals surface area contributed by atoms with Crippen LogP contribution in [0.2, 0.25) is 0 Å². The van der Waals surface area contributed by atoms with Crippen molar-refractivity contribution in [2.45, 2.75) is 25.8 Å². The zero-order valence-electron chi connectivity index (χ0n) is 11.9. The summed E-state index contributed by atoms with van der Waals surface area (Å²) >= 11 is 0. The smallest absolute Gasteiger partial charge is 0.274 e. The topological polar surface area (TPSA) is 61.4 Å². The molecule has 1 aliphatic carbocycles. The summed E-state index contributed by atoms with van der Waals surface area (Å²) in [5.41, 5.74) is 0.437. The van der Waals surface area contributed by atoms with Crippen LogP contribution in [0.3, 0.4) is 0 Å². The predicted octanol–water partition coefficient (Wildman–Crippen LogP) is 0.829. The SMILES string of the molecule is CCNc1ccc(C(=O)N2CCN(C3CC3)CC2)nn1. The van der Waals surface area contributed by atoms with Gasteiger partial charge in [-0.15, -0.1) is 10.2 Å². The molecule has 0 spiro atoms. The van der Waals surface area contributed by atoms with Crippen LogP contribution in [0.1, 0.15) is 30.3 Å². The first kappa shape index (κ1) is 13.3. The van der Waals surface area contributed by atoms with Crippen LogP contribution < -0.4 is 5.32 Å². The van der Waals surface area contributed by atoms with Crippen LogP contribution in [-0.2, 0) is 0 Å². The van der Waals surface area contributed by atoms with Gasteiger partial charge in [0.05, 0.1) is 0 Å². The number of nitrogens with zero attached hydrogens (tertiary/aromatic N) is 4. The first-order valence-electron chi connectivity index (χ1n) is 7.39. The monoisotopic (exact) mass is 275 g/mol. The van der Waals surface area contributed by atoms with Crippen LogP contribution in [-0.4, -0.2) is 64.7 Å². The van der Waals surface area contributed by atoms with Crippen molar-refractivity contribution in [2.75, 3.05) is 38.0 Å². The Bertz CT molecular complexity index is 463. The van der Waals surface area contributed by atoms with E-state index in [1.54, 1.807) is 6.07 Å². The van der Waals surface area contributed by atoms with E-state index in [4.69, 9.17) is 0 Å². The van der Waals surface area contributed by atoms with E-state index in [2.05, 4.69) is 20.4 Å². The summed E-state index contributed by atoms with van der Waals surface area (Å²) in [4.78, 5) is 16.7. The van der Waals surface area contributed by atoms with E-state index in [0.29, 0.717) is 11.5 Å². The molecule has 0 radical (unpaired) electrons. The Morgan fingerprint density at radius 1 is 1.25 bits per heavy atom. The van der Waals surface area contributed by atoms with Crippen LogP contribution in [0.25, 0.3) is 0 Å². The molecule has 6 nitrogen and oxygen atoms in total. The Morgan fingerprint density at radius 2 is 2.00 bits per heavy atom. The summed E-state index contributed by atoms with van der Waals surface area (Å²) < 4.78 is 0. The molecule has 2 heterocycles. The number of aromatic nitrogens is 2. The van der Waals surface area contributed by atoms with Gasteiger partial charge in [0.1, 0.15) is 5.82 Å². The number of carbonyl (C=O) groups is 1. The van der Waals surface area contributed by atoms with Crippen molar-refractivity contribution in [3.8, 4) is 0 Å². The maximum absolute atomic E-state index is 12.3. The molecule has 1 aliphatic heterocycles. The minimum Gasteiger partial charge on any atom is -0.369 e. The molecule has 20 heavy (non-hydrogen) atoms. The largest absolute Gasteiger partial charge is 0.369 e. The van der Waals surface area contributed by atoms with Gasteiger partial charge in [0.2, 0.25) is 0 Å². The molecule has 6 heteroatoms. The van der Waals surface area contributed by atoms with Gasteiger partial charge in [0, 0.05) is 38.8 Å². The maximum Gasteiger partial charge on any atom is 0.274 e. The van der Waals surface area contributed by atoms with Crippen LogP contribution in [0.4, 0.5) is 5.82 Å². The highest BCUT2D eigenvalue weighted by Gasteiger charge is 2.32. The van der Waals surface area contributed by atoms with Crippen molar-refractivity contribution >= 4 is 11.7 Å². The molecular formula is C14H21N5O. The molecule has 1 aromatic heterocycles. The molecular weight excluding hydrogens is 254 g/mol. The molecule has 1 saturated carbocycles. The predicted molar refractivity (Wildman–Crippen MR) is 76.7 cm³/mol. The molecule has 108 valence electrons. The average Bonchev–Trinajstić information content (AvgIpc) is 3.33. The third-order valence-electron chi connectivity index (χ3n) is 3.91. The van der Waals surface area contributed by atoms with Crippen LogP contribution >= 0.6 is 0 Å².